The van der Waals surface area contributed by atoms with Crippen molar-refractivity contribution in [1.29, 1.82) is 0 Å². The Morgan fingerprint density at radius 2 is 2.33 bits per heavy atom. The summed E-state index contributed by atoms with van der Waals surface area (Å²) in [6.07, 6.45) is 2.67. The average Bonchev–Trinajstić information content (AvgIpc) is 2.70. The van der Waals surface area contributed by atoms with Gasteiger partial charge in [-0.2, -0.15) is 5.10 Å². The van der Waals surface area contributed by atoms with Gasteiger partial charge < -0.3 is 10.8 Å². The van der Waals surface area contributed by atoms with Crippen LogP contribution in [0.2, 0.25) is 0 Å². The number of nitrogens with two attached hydrogens (primary N) is 1. The van der Waals surface area contributed by atoms with Crippen LogP contribution in [0.4, 0.5) is 0 Å². The number of rotatable bonds is 2. The molecule has 2 saturated carbocycles. The Labute approximate surface area is 92.7 Å². The van der Waals surface area contributed by atoms with Gasteiger partial charge in [0.2, 0.25) is 0 Å². The lowest BCUT2D eigenvalue weighted by Gasteiger charge is -2.11. The Kier molecular flexibility index (Phi) is 2.60. The zero-order valence-electron chi connectivity index (χ0n) is 8.14. The molecule has 2 aliphatic carbocycles. The number of carboxylic acids is 1. The molecule has 0 amide bonds. The van der Waals surface area contributed by atoms with Crippen molar-refractivity contribution >= 4 is 29.0 Å². The average molecular weight is 227 g/mol. The molecule has 0 aromatic rings. The molecule has 0 unspecified atom stereocenters. The first-order valence-corrected chi connectivity index (χ1v) is 5.35. The van der Waals surface area contributed by atoms with E-state index >= 15 is 0 Å². The predicted octanol–water partition coefficient (Wildman–Crippen LogP) is 0.306. The maximum absolute atomic E-state index is 11.0. The Hall–Kier alpha value is -1.17. The minimum absolute atomic E-state index is 0.0781. The number of hydrogen-bond donors (Lipinski definition) is 3. The second kappa shape index (κ2) is 3.77. The van der Waals surface area contributed by atoms with Crippen molar-refractivity contribution in [2.24, 2.45) is 28.6 Å². The molecule has 0 spiro atoms. The first-order valence-electron chi connectivity index (χ1n) is 4.94. The van der Waals surface area contributed by atoms with Gasteiger partial charge in [0, 0.05) is 11.6 Å². The van der Waals surface area contributed by atoms with Crippen molar-refractivity contribution in [2.45, 2.75) is 19.3 Å². The molecular formula is C9H13N3O2S. The smallest absolute Gasteiger partial charge is 0.307 e. The second-order valence-corrected chi connectivity index (χ2v) is 4.53. The summed E-state index contributed by atoms with van der Waals surface area (Å²) in [6, 6.07) is 0. The summed E-state index contributed by atoms with van der Waals surface area (Å²) >= 11 is 4.64. The van der Waals surface area contributed by atoms with Crippen molar-refractivity contribution in [3.8, 4) is 0 Å². The third-order valence-corrected chi connectivity index (χ3v) is 3.38. The second-order valence-electron chi connectivity index (χ2n) is 4.09. The molecule has 2 aliphatic rings. The molecule has 0 aromatic carbocycles. The molecule has 2 fully saturated rings. The van der Waals surface area contributed by atoms with Gasteiger partial charge >= 0.3 is 5.97 Å². The van der Waals surface area contributed by atoms with E-state index in [-0.39, 0.29) is 22.9 Å². The first kappa shape index (κ1) is 10.4. The Bertz CT molecular complexity index is 342. The number of nitrogens with one attached hydrogen (secondary N) is 1. The van der Waals surface area contributed by atoms with Crippen LogP contribution in [0.5, 0.6) is 0 Å². The molecular weight excluding hydrogens is 214 g/mol. The van der Waals surface area contributed by atoms with E-state index in [4.69, 9.17) is 10.8 Å². The van der Waals surface area contributed by atoms with Crippen molar-refractivity contribution in [3.63, 3.8) is 0 Å². The Morgan fingerprint density at radius 1 is 1.60 bits per heavy atom. The lowest BCUT2D eigenvalue weighted by Crippen LogP contribution is -2.27. The highest BCUT2D eigenvalue weighted by Crippen LogP contribution is 2.47. The summed E-state index contributed by atoms with van der Waals surface area (Å²) in [5.74, 6) is -0.631. The fraction of sp³-hybridized carbons (Fsp3) is 0.667. The number of hydrogen-bond acceptors (Lipinski definition) is 3. The van der Waals surface area contributed by atoms with Gasteiger partial charge in [0.1, 0.15) is 0 Å². The number of fused-ring (bicyclic) bond motifs is 2. The molecule has 4 N–H and O–H groups in total. The van der Waals surface area contributed by atoms with E-state index in [0.717, 1.165) is 25.0 Å². The van der Waals surface area contributed by atoms with Gasteiger partial charge in [-0.25, -0.2) is 0 Å². The summed E-state index contributed by atoms with van der Waals surface area (Å²) in [7, 11) is 0. The topological polar surface area (TPSA) is 87.7 Å². The lowest BCUT2D eigenvalue weighted by molar-refractivity contribution is -0.143. The molecule has 0 aromatic heterocycles. The van der Waals surface area contributed by atoms with Crippen molar-refractivity contribution in [1.82, 2.24) is 5.43 Å². The predicted molar refractivity (Wildman–Crippen MR) is 59.3 cm³/mol. The number of aliphatic carboxylic acids is 1. The molecule has 15 heavy (non-hydrogen) atoms. The van der Waals surface area contributed by atoms with Gasteiger partial charge in [-0.15, -0.1) is 0 Å². The third kappa shape index (κ3) is 1.81. The molecule has 3 atom stereocenters. The fourth-order valence-electron chi connectivity index (χ4n) is 2.73. The minimum atomic E-state index is -0.706. The highest BCUT2D eigenvalue weighted by atomic mass is 32.1. The summed E-state index contributed by atoms with van der Waals surface area (Å²) in [5, 5.41) is 13.3. The zero-order valence-corrected chi connectivity index (χ0v) is 8.96. The summed E-state index contributed by atoms with van der Waals surface area (Å²) in [6.45, 7) is 0. The van der Waals surface area contributed by atoms with Crippen LogP contribution in [0.25, 0.3) is 0 Å². The summed E-state index contributed by atoms with van der Waals surface area (Å²) < 4.78 is 0. The van der Waals surface area contributed by atoms with Gasteiger partial charge in [-0.1, -0.05) is 0 Å². The molecule has 6 heteroatoms. The fourth-order valence-corrected chi connectivity index (χ4v) is 2.78. The van der Waals surface area contributed by atoms with E-state index in [2.05, 4.69) is 22.7 Å². The number of nitrogens with zero attached hydrogens (tertiary/aromatic N) is 1. The van der Waals surface area contributed by atoms with Crippen LogP contribution in [-0.4, -0.2) is 21.9 Å². The molecule has 5 nitrogen and oxygen atoms in total. The van der Waals surface area contributed by atoms with Crippen LogP contribution in [0, 0.1) is 17.8 Å². The normalized spacial score (nSPS) is 35.7. The van der Waals surface area contributed by atoms with Crippen molar-refractivity contribution in [3.05, 3.63) is 0 Å². The van der Waals surface area contributed by atoms with Crippen LogP contribution < -0.4 is 11.2 Å². The largest absolute Gasteiger partial charge is 0.481 e. The number of carbonyl (C=O) groups is 1. The standard InChI is InChI=1S/C9H13N3O2S/c10-9(15)12-11-6-3-4-1-2-5(6)7(4)8(13)14/h4-5,7H,1-3H2,(H,13,14)(H3,10,12,15)/b11-6-/t4-,5-,7+/m0/s1. The van der Waals surface area contributed by atoms with Crippen LogP contribution in [0.15, 0.2) is 5.10 Å². The zero-order chi connectivity index (χ0) is 11.0. The lowest BCUT2D eigenvalue weighted by atomic mass is 9.98. The van der Waals surface area contributed by atoms with Crippen LogP contribution in [-0.2, 0) is 4.79 Å². The summed E-state index contributed by atoms with van der Waals surface area (Å²) in [5.41, 5.74) is 8.70. The van der Waals surface area contributed by atoms with Gasteiger partial charge in [0.05, 0.1) is 5.92 Å². The number of carboxylic acid groups (broad SMARTS) is 1. The quantitative estimate of drug-likeness (QED) is 0.466. The first-order chi connectivity index (χ1) is 7.09. The summed E-state index contributed by atoms with van der Waals surface area (Å²) in [4.78, 5) is 11.0. The maximum Gasteiger partial charge on any atom is 0.307 e. The molecule has 2 rings (SSSR count). The maximum atomic E-state index is 11.0. The minimum Gasteiger partial charge on any atom is -0.481 e. The monoisotopic (exact) mass is 227 g/mol. The highest BCUT2D eigenvalue weighted by molar-refractivity contribution is 7.80. The van der Waals surface area contributed by atoms with Gasteiger partial charge in [-0.05, 0) is 37.4 Å². The number of hydrazone groups is 1. The van der Waals surface area contributed by atoms with Crippen molar-refractivity contribution in [2.75, 3.05) is 0 Å². The number of thiocarbonyl (C=S) groups is 1. The van der Waals surface area contributed by atoms with E-state index < -0.39 is 5.97 Å². The highest BCUT2D eigenvalue weighted by Gasteiger charge is 2.49. The van der Waals surface area contributed by atoms with Crippen LogP contribution in [0.3, 0.4) is 0 Å². The van der Waals surface area contributed by atoms with E-state index in [9.17, 15) is 4.79 Å². The van der Waals surface area contributed by atoms with E-state index in [1.54, 1.807) is 0 Å². The molecule has 0 saturated heterocycles. The molecule has 82 valence electrons. The van der Waals surface area contributed by atoms with E-state index in [1.165, 1.54) is 0 Å². The third-order valence-electron chi connectivity index (χ3n) is 3.28. The SMILES string of the molecule is NC(=S)N/N=C1/C[C@@H]2CC[C@@H]1[C@@H]2C(=O)O. The van der Waals surface area contributed by atoms with Crippen LogP contribution in [0.1, 0.15) is 19.3 Å². The molecule has 0 radical (unpaired) electrons. The van der Waals surface area contributed by atoms with E-state index in [0.29, 0.717) is 0 Å². The van der Waals surface area contributed by atoms with Crippen LogP contribution >= 0.6 is 12.2 Å². The molecule has 0 heterocycles. The molecule has 0 aliphatic heterocycles. The van der Waals surface area contributed by atoms with Gasteiger partial charge in [0.15, 0.2) is 5.11 Å². The van der Waals surface area contributed by atoms with Gasteiger partial charge in [-0.3, -0.25) is 10.2 Å². The Morgan fingerprint density at radius 3 is 2.87 bits per heavy atom. The van der Waals surface area contributed by atoms with E-state index in [1.807, 2.05) is 0 Å². The van der Waals surface area contributed by atoms with Gasteiger partial charge in [0.25, 0.3) is 0 Å². The molecule has 2 bridgehead atoms. The Balaban J connectivity index is 2.11. The van der Waals surface area contributed by atoms with Crippen molar-refractivity contribution < 1.29 is 9.90 Å².